The van der Waals surface area contributed by atoms with Gasteiger partial charge < -0.3 is 9.80 Å². The van der Waals surface area contributed by atoms with E-state index in [0.717, 1.165) is 56.4 Å². The van der Waals surface area contributed by atoms with Crippen LogP contribution in [0.25, 0.3) is 89.0 Å². The van der Waals surface area contributed by atoms with Crippen LogP contribution in [0.1, 0.15) is 103 Å². The lowest BCUT2D eigenvalue weighted by molar-refractivity contribution is 0.662. The standard InChI is InChI=1S/C116H82N2/c1-75-49-63-96-98-66-60-88(73-110(98)114(108(96)69-75,80-31-12-6-13-32-80)81-33-14-7-15-34-81)118(89-61-67-99-97-64-50-76(2)70-109(97)115(111(99)74-89,82-35-16-8-17-36-82)83-37-18-9-19-38-83)86-59-65-90(101(71-86)77-29-10-5-11-30-77)78-51-55-84(56-52-78)117(85-57-53-79(54-58-85)91-43-28-44-100-94-41-20-24-45-103(94)113(3,4)112(91)100)87-62-68-107-102(72-87)95-42-23-27-48-106(95)116(107)104-46-25-21-39-92(104)93-40-22-26-47-105(93)116/h5-74H,1-4H3. The van der Waals surface area contributed by atoms with E-state index >= 15 is 0 Å². The predicted octanol–water partition coefficient (Wildman–Crippen LogP) is 29.6. The topological polar surface area (TPSA) is 6.48 Å². The van der Waals surface area contributed by atoms with E-state index in [1.807, 2.05) is 0 Å². The van der Waals surface area contributed by atoms with Crippen molar-refractivity contribution in [2.45, 2.75) is 49.4 Å². The Morgan fingerprint density at radius 1 is 0.169 bits per heavy atom. The van der Waals surface area contributed by atoms with Crippen LogP contribution in [0, 0.1) is 13.8 Å². The number of rotatable bonds is 13. The molecule has 0 saturated carbocycles. The van der Waals surface area contributed by atoms with Crippen molar-refractivity contribution in [1.82, 2.24) is 0 Å². The number of nitrogens with zero attached hydrogens (tertiary/aromatic N) is 2. The van der Waals surface area contributed by atoms with E-state index in [4.69, 9.17) is 0 Å². The van der Waals surface area contributed by atoms with Gasteiger partial charge in [-0.25, -0.2) is 0 Å². The lowest BCUT2D eigenvalue weighted by Gasteiger charge is -2.36. The molecule has 0 saturated heterocycles. The molecule has 556 valence electrons. The van der Waals surface area contributed by atoms with E-state index in [1.165, 1.54) is 156 Å². The van der Waals surface area contributed by atoms with E-state index in [0.29, 0.717) is 0 Å². The highest BCUT2D eigenvalue weighted by atomic mass is 15.1. The summed E-state index contributed by atoms with van der Waals surface area (Å²) in [6.45, 7) is 9.25. The number of anilines is 6. The average molecular weight is 1500 g/mol. The minimum atomic E-state index is -0.643. The molecule has 23 rings (SSSR count). The summed E-state index contributed by atoms with van der Waals surface area (Å²) in [6, 6.07) is 161. The molecule has 0 heterocycles. The van der Waals surface area contributed by atoms with E-state index in [1.54, 1.807) is 0 Å². The van der Waals surface area contributed by atoms with Crippen LogP contribution < -0.4 is 9.80 Å². The van der Waals surface area contributed by atoms with Crippen molar-refractivity contribution in [2.75, 3.05) is 9.80 Å². The van der Waals surface area contributed by atoms with Gasteiger partial charge in [-0.15, -0.1) is 0 Å². The number of benzene rings is 18. The molecule has 0 bridgehead atoms. The van der Waals surface area contributed by atoms with Crippen molar-refractivity contribution in [3.05, 3.63) is 514 Å². The van der Waals surface area contributed by atoms with Gasteiger partial charge in [0.1, 0.15) is 0 Å². The monoisotopic (exact) mass is 1500 g/mol. The summed E-state index contributed by atoms with van der Waals surface area (Å²) < 4.78 is 0. The Morgan fingerprint density at radius 3 is 0.915 bits per heavy atom. The number of hydrogen-bond acceptors (Lipinski definition) is 2. The van der Waals surface area contributed by atoms with Gasteiger partial charge in [0.25, 0.3) is 0 Å². The van der Waals surface area contributed by atoms with Gasteiger partial charge in [0.15, 0.2) is 0 Å². The molecule has 2 heteroatoms. The number of fused-ring (bicyclic) bond motifs is 19. The highest BCUT2D eigenvalue weighted by molar-refractivity contribution is 6.00. The zero-order valence-electron chi connectivity index (χ0n) is 66.3. The predicted molar refractivity (Wildman–Crippen MR) is 490 cm³/mol. The summed E-state index contributed by atoms with van der Waals surface area (Å²) >= 11 is 0. The molecule has 0 radical (unpaired) electrons. The first kappa shape index (κ1) is 69.1. The van der Waals surface area contributed by atoms with Crippen molar-refractivity contribution in [1.29, 1.82) is 0 Å². The van der Waals surface area contributed by atoms with Gasteiger partial charge in [0, 0.05) is 39.5 Å². The molecular weight excluding hydrogens is 1420 g/mol. The molecule has 5 aliphatic carbocycles. The maximum Gasteiger partial charge on any atom is 0.0725 e. The summed E-state index contributed by atoms with van der Waals surface area (Å²) in [5.74, 6) is 0. The number of aryl methyl sites for hydroxylation is 2. The molecule has 2 nitrogen and oxygen atoms in total. The fourth-order valence-electron chi connectivity index (χ4n) is 22.0. The van der Waals surface area contributed by atoms with Gasteiger partial charge in [-0.1, -0.05) is 377 Å². The highest BCUT2D eigenvalue weighted by Gasteiger charge is 2.53. The Balaban J connectivity index is 0.711. The molecule has 0 N–H and O–H groups in total. The van der Waals surface area contributed by atoms with Gasteiger partial charge in [-0.2, -0.15) is 0 Å². The molecule has 0 fully saturated rings. The van der Waals surface area contributed by atoms with E-state index in [-0.39, 0.29) is 5.41 Å². The molecular formula is C116H82N2. The van der Waals surface area contributed by atoms with Gasteiger partial charge in [0.2, 0.25) is 0 Å². The molecule has 18 aromatic rings. The minimum absolute atomic E-state index is 0.170. The lowest BCUT2D eigenvalue weighted by Crippen LogP contribution is -2.29. The Hall–Kier alpha value is -14.4. The quantitative estimate of drug-likeness (QED) is 0.114. The molecule has 5 aliphatic rings. The minimum Gasteiger partial charge on any atom is -0.310 e. The second-order valence-corrected chi connectivity index (χ2v) is 33.4. The van der Waals surface area contributed by atoms with Crippen molar-refractivity contribution in [3.8, 4) is 89.0 Å². The first-order valence-corrected chi connectivity index (χ1v) is 41.5. The van der Waals surface area contributed by atoms with Crippen LogP contribution in [0.2, 0.25) is 0 Å². The van der Waals surface area contributed by atoms with E-state index in [9.17, 15) is 0 Å². The third-order valence-corrected chi connectivity index (χ3v) is 26.9. The first-order valence-electron chi connectivity index (χ1n) is 41.5. The van der Waals surface area contributed by atoms with Crippen LogP contribution in [-0.4, -0.2) is 0 Å². The Morgan fingerprint density at radius 2 is 0.458 bits per heavy atom. The molecule has 118 heavy (non-hydrogen) atoms. The first-order chi connectivity index (χ1) is 58.1. The summed E-state index contributed by atoms with van der Waals surface area (Å²) in [7, 11) is 0. The zero-order chi connectivity index (χ0) is 78.6. The largest absolute Gasteiger partial charge is 0.310 e. The summed E-state index contributed by atoms with van der Waals surface area (Å²) in [5.41, 5.74) is 44.7. The van der Waals surface area contributed by atoms with Gasteiger partial charge in [0.05, 0.1) is 16.2 Å². The highest BCUT2D eigenvalue weighted by Crippen LogP contribution is 2.65. The Kier molecular flexibility index (Phi) is 15.6. The molecule has 18 aromatic carbocycles. The van der Waals surface area contributed by atoms with E-state index < -0.39 is 16.2 Å². The maximum atomic E-state index is 2.55. The molecule has 0 unspecified atom stereocenters. The Labute approximate surface area is 691 Å². The van der Waals surface area contributed by atoms with Gasteiger partial charge in [-0.05, 0) is 254 Å². The molecule has 0 atom stereocenters. The van der Waals surface area contributed by atoms with Crippen LogP contribution in [0.3, 0.4) is 0 Å². The summed E-state index contributed by atoms with van der Waals surface area (Å²) in [4.78, 5) is 5.03. The summed E-state index contributed by atoms with van der Waals surface area (Å²) in [6.07, 6.45) is 0. The third-order valence-electron chi connectivity index (χ3n) is 26.9. The van der Waals surface area contributed by atoms with Crippen molar-refractivity contribution < 1.29 is 0 Å². The summed E-state index contributed by atoms with van der Waals surface area (Å²) in [5, 5.41) is 0. The van der Waals surface area contributed by atoms with Crippen LogP contribution in [0.5, 0.6) is 0 Å². The molecule has 0 aliphatic heterocycles. The van der Waals surface area contributed by atoms with Crippen LogP contribution in [0.15, 0.2) is 425 Å². The average Bonchev–Trinajstić information content (AvgIpc) is 1.51. The van der Waals surface area contributed by atoms with Crippen molar-refractivity contribution in [3.63, 3.8) is 0 Å². The number of hydrogen-bond donors (Lipinski definition) is 0. The van der Waals surface area contributed by atoms with Crippen LogP contribution >= 0.6 is 0 Å². The smallest absolute Gasteiger partial charge is 0.0725 e. The zero-order valence-corrected chi connectivity index (χ0v) is 66.3. The fourth-order valence-corrected chi connectivity index (χ4v) is 22.0. The molecule has 0 aromatic heterocycles. The maximum absolute atomic E-state index is 2.55. The van der Waals surface area contributed by atoms with Crippen LogP contribution in [-0.2, 0) is 21.7 Å². The second kappa shape index (κ2) is 26.6. The van der Waals surface area contributed by atoms with E-state index in [2.05, 4.69) is 462 Å². The normalized spacial score (nSPS) is 14.2. The third kappa shape index (κ3) is 9.93. The van der Waals surface area contributed by atoms with Crippen molar-refractivity contribution in [2.24, 2.45) is 0 Å². The second-order valence-electron chi connectivity index (χ2n) is 33.4. The fraction of sp³-hybridized carbons (Fsp3) is 0.0690. The van der Waals surface area contributed by atoms with Gasteiger partial charge >= 0.3 is 0 Å². The molecule has 0 amide bonds. The Bertz CT molecular complexity index is 6770. The van der Waals surface area contributed by atoms with Crippen LogP contribution in [0.4, 0.5) is 34.1 Å². The van der Waals surface area contributed by atoms with Crippen molar-refractivity contribution >= 4 is 34.1 Å². The molecule has 1 spiro atoms. The lowest BCUT2D eigenvalue weighted by atomic mass is 9.67. The SMILES string of the molecule is Cc1ccc2c(c1)C(c1ccccc1)(c1ccccc1)c1cc(N(c3ccc(-c4ccc(N(c5ccc(-c6cccc7c6C(C)(C)c6ccccc6-7)cc5)c5ccc6c(c5)-c5ccccc5C65c6ccccc6-c6ccccc65)cc4)c(-c4ccccc4)c3)c3ccc4c(c3)C(c3ccccc3)(c3ccccc3)c3cc(C)ccc3-4)ccc1-2. The van der Waals surface area contributed by atoms with Gasteiger partial charge in [-0.3, -0.25) is 0 Å².